The van der Waals surface area contributed by atoms with E-state index in [2.05, 4.69) is 16.4 Å². The molecular formula is C22H16ClN3O. The Morgan fingerprint density at radius 3 is 2.67 bits per heavy atom. The number of nitrogens with one attached hydrogen (secondary N) is 1. The first kappa shape index (κ1) is 17.2. The zero-order chi connectivity index (χ0) is 18.8. The van der Waals surface area contributed by atoms with Crippen molar-refractivity contribution in [1.29, 1.82) is 0 Å². The highest BCUT2D eigenvalue weighted by Crippen LogP contribution is 2.26. The third-order valence-electron chi connectivity index (χ3n) is 4.24. The number of hydrogen-bond donors (Lipinski definition) is 1. The van der Waals surface area contributed by atoms with E-state index in [0.29, 0.717) is 16.4 Å². The van der Waals surface area contributed by atoms with E-state index in [1.165, 1.54) is 0 Å². The Bertz CT molecular complexity index is 1160. The molecule has 4 nitrogen and oxygen atoms in total. The molecule has 0 unspecified atom stereocenters. The number of halogens is 1. The number of carbonyl (C=O) groups excluding carboxylic acids is 1. The Morgan fingerprint density at radius 1 is 1.00 bits per heavy atom. The van der Waals surface area contributed by atoms with Gasteiger partial charge in [-0.1, -0.05) is 53.6 Å². The van der Waals surface area contributed by atoms with Gasteiger partial charge in [0.2, 0.25) is 0 Å². The predicted octanol–water partition coefficient (Wildman–Crippen LogP) is 5.51. The first-order valence-electron chi connectivity index (χ1n) is 8.50. The fourth-order valence-corrected chi connectivity index (χ4v) is 3.13. The van der Waals surface area contributed by atoms with Crippen molar-refractivity contribution < 1.29 is 4.79 Å². The van der Waals surface area contributed by atoms with E-state index in [9.17, 15) is 4.79 Å². The van der Waals surface area contributed by atoms with Gasteiger partial charge in [0.1, 0.15) is 5.82 Å². The van der Waals surface area contributed by atoms with Crippen molar-refractivity contribution in [1.82, 2.24) is 9.97 Å². The number of benzene rings is 2. The molecule has 0 aliphatic rings. The van der Waals surface area contributed by atoms with Crippen LogP contribution < -0.4 is 5.32 Å². The van der Waals surface area contributed by atoms with E-state index in [1.807, 2.05) is 55.5 Å². The molecule has 2 aromatic heterocycles. The molecule has 0 aliphatic carbocycles. The Hall–Kier alpha value is -3.24. The quantitative estimate of drug-likeness (QED) is 0.515. The average molecular weight is 374 g/mol. The maximum atomic E-state index is 13.0. The van der Waals surface area contributed by atoms with Crippen molar-refractivity contribution in [2.45, 2.75) is 6.92 Å². The zero-order valence-electron chi connectivity index (χ0n) is 14.6. The molecule has 5 heteroatoms. The Morgan fingerprint density at radius 2 is 1.85 bits per heavy atom. The van der Waals surface area contributed by atoms with Gasteiger partial charge >= 0.3 is 0 Å². The van der Waals surface area contributed by atoms with Crippen LogP contribution in [0.3, 0.4) is 0 Å². The normalized spacial score (nSPS) is 10.7. The van der Waals surface area contributed by atoms with Crippen molar-refractivity contribution in [3.8, 4) is 11.3 Å². The lowest BCUT2D eigenvalue weighted by Gasteiger charge is -2.11. The minimum Gasteiger partial charge on any atom is -0.307 e. The summed E-state index contributed by atoms with van der Waals surface area (Å²) < 4.78 is 0. The van der Waals surface area contributed by atoms with Crippen LogP contribution in [0.4, 0.5) is 5.82 Å². The minimum atomic E-state index is -0.253. The molecule has 132 valence electrons. The van der Waals surface area contributed by atoms with Crippen LogP contribution in [0, 0.1) is 6.92 Å². The molecule has 0 aliphatic heterocycles. The number of nitrogens with zero attached hydrogens (tertiary/aromatic N) is 2. The van der Waals surface area contributed by atoms with Gasteiger partial charge in [0, 0.05) is 22.2 Å². The number of aryl methyl sites for hydroxylation is 1. The first-order valence-corrected chi connectivity index (χ1v) is 8.88. The molecule has 27 heavy (non-hydrogen) atoms. The van der Waals surface area contributed by atoms with E-state index in [-0.39, 0.29) is 5.91 Å². The largest absolute Gasteiger partial charge is 0.307 e. The fourth-order valence-electron chi connectivity index (χ4n) is 2.97. The number of para-hydroxylation sites is 1. The van der Waals surface area contributed by atoms with Crippen LogP contribution in [0.1, 0.15) is 15.9 Å². The van der Waals surface area contributed by atoms with Crippen molar-refractivity contribution in [2.75, 3.05) is 5.32 Å². The van der Waals surface area contributed by atoms with Gasteiger partial charge in [0.05, 0.1) is 16.8 Å². The molecule has 0 bridgehead atoms. The Kier molecular flexibility index (Phi) is 4.57. The summed E-state index contributed by atoms with van der Waals surface area (Å²) in [6.07, 6.45) is 1.56. The number of carbonyl (C=O) groups is 1. The van der Waals surface area contributed by atoms with Gasteiger partial charge in [0.15, 0.2) is 0 Å². The van der Waals surface area contributed by atoms with E-state index in [0.717, 1.165) is 27.7 Å². The predicted molar refractivity (Wildman–Crippen MR) is 109 cm³/mol. The second kappa shape index (κ2) is 7.17. The molecule has 4 aromatic rings. The van der Waals surface area contributed by atoms with Gasteiger partial charge in [0.25, 0.3) is 5.91 Å². The maximum Gasteiger partial charge on any atom is 0.257 e. The standard InChI is InChI=1S/C22H16ClN3O/c1-14-5-4-6-15(11-14)20-13-18(17-7-2-3-8-19(17)25-20)22(27)26-21-12-16(23)9-10-24-21/h2-13H,1H3,(H,24,26,27). The lowest BCUT2D eigenvalue weighted by Crippen LogP contribution is -2.14. The summed E-state index contributed by atoms with van der Waals surface area (Å²) in [5.74, 6) is 0.155. The lowest BCUT2D eigenvalue weighted by atomic mass is 10.0. The van der Waals surface area contributed by atoms with E-state index >= 15 is 0 Å². The number of amides is 1. The second-order valence-electron chi connectivity index (χ2n) is 6.26. The smallest absolute Gasteiger partial charge is 0.257 e. The number of rotatable bonds is 3. The highest BCUT2D eigenvalue weighted by molar-refractivity contribution is 6.30. The van der Waals surface area contributed by atoms with Crippen LogP contribution >= 0.6 is 11.6 Å². The molecule has 2 heterocycles. The van der Waals surface area contributed by atoms with Crippen LogP contribution in [0.2, 0.25) is 5.02 Å². The number of aromatic nitrogens is 2. The topological polar surface area (TPSA) is 54.9 Å². The highest BCUT2D eigenvalue weighted by Gasteiger charge is 2.15. The summed E-state index contributed by atoms with van der Waals surface area (Å²) in [5.41, 5.74) is 4.16. The summed E-state index contributed by atoms with van der Waals surface area (Å²) in [6.45, 7) is 2.03. The summed E-state index contributed by atoms with van der Waals surface area (Å²) >= 11 is 5.99. The van der Waals surface area contributed by atoms with Crippen molar-refractivity contribution in [3.05, 3.63) is 89.1 Å². The summed E-state index contributed by atoms with van der Waals surface area (Å²) in [6, 6.07) is 20.8. The Balaban J connectivity index is 1.82. The van der Waals surface area contributed by atoms with Gasteiger partial charge in [-0.25, -0.2) is 9.97 Å². The highest BCUT2D eigenvalue weighted by atomic mass is 35.5. The van der Waals surface area contributed by atoms with Crippen molar-refractivity contribution in [3.63, 3.8) is 0 Å². The van der Waals surface area contributed by atoms with E-state index < -0.39 is 0 Å². The average Bonchev–Trinajstić information content (AvgIpc) is 2.67. The first-order chi connectivity index (χ1) is 13.1. The fraction of sp³-hybridized carbons (Fsp3) is 0.0455. The molecule has 0 radical (unpaired) electrons. The molecule has 0 atom stereocenters. The molecule has 0 saturated heterocycles. The van der Waals surface area contributed by atoms with Crippen molar-refractivity contribution in [2.24, 2.45) is 0 Å². The second-order valence-corrected chi connectivity index (χ2v) is 6.69. The Labute approximate surface area is 161 Å². The van der Waals surface area contributed by atoms with Gasteiger partial charge in [-0.05, 0) is 37.3 Å². The maximum absolute atomic E-state index is 13.0. The van der Waals surface area contributed by atoms with Gasteiger partial charge in [-0.15, -0.1) is 0 Å². The third-order valence-corrected chi connectivity index (χ3v) is 4.47. The SMILES string of the molecule is Cc1cccc(-c2cc(C(=O)Nc3cc(Cl)ccn3)c3ccccc3n2)c1. The van der Waals surface area contributed by atoms with Crippen LogP contribution in [0.15, 0.2) is 72.9 Å². The van der Waals surface area contributed by atoms with E-state index in [1.54, 1.807) is 18.3 Å². The third kappa shape index (κ3) is 3.66. The molecule has 1 N–H and O–H groups in total. The number of hydrogen-bond acceptors (Lipinski definition) is 3. The summed E-state index contributed by atoms with van der Waals surface area (Å²) in [5, 5.41) is 4.12. The minimum absolute atomic E-state index is 0.253. The van der Waals surface area contributed by atoms with Gasteiger partial charge in [-0.2, -0.15) is 0 Å². The molecule has 4 rings (SSSR count). The molecule has 2 aromatic carbocycles. The monoisotopic (exact) mass is 373 g/mol. The number of anilines is 1. The summed E-state index contributed by atoms with van der Waals surface area (Å²) in [7, 11) is 0. The van der Waals surface area contributed by atoms with Crippen LogP contribution in [0.25, 0.3) is 22.2 Å². The van der Waals surface area contributed by atoms with E-state index in [4.69, 9.17) is 16.6 Å². The van der Waals surface area contributed by atoms with Crippen molar-refractivity contribution >= 4 is 34.2 Å². The van der Waals surface area contributed by atoms with Gasteiger partial charge < -0.3 is 5.32 Å². The molecular weight excluding hydrogens is 358 g/mol. The summed E-state index contributed by atoms with van der Waals surface area (Å²) in [4.78, 5) is 21.8. The number of fused-ring (bicyclic) bond motifs is 1. The van der Waals surface area contributed by atoms with Gasteiger partial charge in [-0.3, -0.25) is 4.79 Å². The van der Waals surface area contributed by atoms with Crippen LogP contribution in [0.5, 0.6) is 0 Å². The number of pyridine rings is 2. The van der Waals surface area contributed by atoms with Crippen LogP contribution in [-0.4, -0.2) is 15.9 Å². The molecule has 0 spiro atoms. The zero-order valence-corrected chi connectivity index (χ0v) is 15.4. The van der Waals surface area contributed by atoms with Crippen LogP contribution in [-0.2, 0) is 0 Å². The lowest BCUT2D eigenvalue weighted by molar-refractivity contribution is 0.102. The molecule has 0 saturated carbocycles. The molecule has 1 amide bonds. The molecule has 0 fully saturated rings.